The summed E-state index contributed by atoms with van der Waals surface area (Å²) in [7, 11) is 0. The zero-order valence-electron chi connectivity index (χ0n) is 8.84. The fourth-order valence-electron chi connectivity index (χ4n) is 1.32. The van der Waals surface area contributed by atoms with E-state index in [9.17, 15) is 9.18 Å². The van der Waals surface area contributed by atoms with Crippen LogP contribution in [-0.2, 0) is 0 Å². The molecule has 3 N–H and O–H groups in total. The molecular weight excluding hydrogens is 298 g/mol. The van der Waals surface area contributed by atoms with Crippen molar-refractivity contribution in [3.05, 3.63) is 44.3 Å². The third-order valence-electron chi connectivity index (χ3n) is 2.14. The molecule has 0 aliphatic rings. The highest BCUT2D eigenvalue weighted by Gasteiger charge is 2.15. The van der Waals surface area contributed by atoms with Gasteiger partial charge in [0.1, 0.15) is 10.2 Å². The number of hydrogen-bond donors (Lipinski definition) is 2. The maximum atomic E-state index is 13.5. The van der Waals surface area contributed by atoms with Gasteiger partial charge in [0.25, 0.3) is 5.91 Å². The van der Waals surface area contributed by atoms with Gasteiger partial charge in [-0.25, -0.2) is 4.39 Å². The van der Waals surface area contributed by atoms with Gasteiger partial charge in [0, 0.05) is 5.69 Å². The van der Waals surface area contributed by atoms with Crippen LogP contribution in [0.1, 0.15) is 10.4 Å². The Kier molecular flexibility index (Phi) is 3.75. The van der Waals surface area contributed by atoms with Gasteiger partial charge in [-0.3, -0.25) is 4.79 Å². The number of halogens is 3. The van der Waals surface area contributed by atoms with Crippen molar-refractivity contribution in [2.24, 2.45) is 0 Å². The second-order valence-corrected chi connectivity index (χ2v) is 5.72. The summed E-state index contributed by atoms with van der Waals surface area (Å²) in [5, 5.41) is 2.40. The van der Waals surface area contributed by atoms with E-state index in [1.807, 2.05) is 0 Å². The lowest BCUT2D eigenvalue weighted by atomic mass is 10.2. The standard InChI is InChI=1S/C11H7Cl2FN2OS/c12-9-4-6(10(13)18-9)11(17)16-8-2-1-5(15)3-7(8)14/h1-4H,15H2,(H,16,17). The Morgan fingerprint density at radius 3 is 2.61 bits per heavy atom. The van der Waals surface area contributed by atoms with Crippen molar-refractivity contribution >= 4 is 51.8 Å². The molecule has 2 rings (SSSR count). The van der Waals surface area contributed by atoms with E-state index >= 15 is 0 Å². The van der Waals surface area contributed by atoms with Gasteiger partial charge in [0.2, 0.25) is 0 Å². The summed E-state index contributed by atoms with van der Waals surface area (Å²) in [4.78, 5) is 11.8. The lowest BCUT2D eigenvalue weighted by Crippen LogP contribution is -2.12. The first-order valence-electron chi connectivity index (χ1n) is 4.78. The van der Waals surface area contributed by atoms with E-state index in [0.717, 1.165) is 17.4 Å². The highest BCUT2D eigenvalue weighted by atomic mass is 35.5. The highest BCUT2D eigenvalue weighted by Crippen LogP contribution is 2.31. The van der Waals surface area contributed by atoms with Gasteiger partial charge in [-0.15, -0.1) is 11.3 Å². The summed E-state index contributed by atoms with van der Waals surface area (Å²) in [5.74, 6) is -1.13. The second-order valence-electron chi connectivity index (χ2n) is 3.43. The maximum Gasteiger partial charge on any atom is 0.258 e. The molecule has 18 heavy (non-hydrogen) atoms. The van der Waals surface area contributed by atoms with Gasteiger partial charge >= 0.3 is 0 Å². The number of rotatable bonds is 2. The Balaban J connectivity index is 2.24. The molecule has 2 aromatic rings. The zero-order chi connectivity index (χ0) is 13.3. The Hall–Kier alpha value is -1.30. The first kappa shape index (κ1) is 13.1. The summed E-state index contributed by atoms with van der Waals surface area (Å²) >= 11 is 12.6. The summed E-state index contributed by atoms with van der Waals surface area (Å²) < 4.78 is 14.1. The number of benzene rings is 1. The van der Waals surface area contributed by atoms with Crippen LogP contribution >= 0.6 is 34.5 Å². The van der Waals surface area contributed by atoms with Crippen LogP contribution in [0.3, 0.4) is 0 Å². The van der Waals surface area contributed by atoms with Gasteiger partial charge in [0.15, 0.2) is 0 Å². The van der Waals surface area contributed by atoms with Crippen molar-refractivity contribution in [1.29, 1.82) is 0 Å². The minimum absolute atomic E-state index is 0.0348. The van der Waals surface area contributed by atoms with Gasteiger partial charge in [-0.2, -0.15) is 0 Å². The fraction of sp³-hybridized carbons (Fsp3) is 0. The molecule has 0 atom stereocenters. The van der Waals surface area contributed by atoms with E-state index < -0.39 is 11.7 Å². The average molecular weight is 305 g/mol. The molecule has 3 nitrogen and oxygen atoms in total. The molecule has 7 heteroatoms. The van der Waals surface area contributed by atoms with Crippen LogP contribution in [0.2, 0.25) is 8.67 Å². The summed E-state index contributed by atoms with van der Waals surface area (Å²) in [6, 6.07) is 5.42. The van der Waals surface area contributed by atoms with Gasteiger partial charge < -0.3 is 11.1 Å². The molecular formula is C11H7Cl2FN2OS. The lowest BCUT2D eigenvalue weighted by molar-refractivity contribution is 0.102. The number of thiophene rings is 1. The molecule has 0 spiro atoms. The molecule has 0 aliphatic carbocycles. The number of anilines is 2. The normalized spacial score (nSPS) is 10.4. The molecule has 0 fully saturated rings. The molecule has 1 aromatic heterocycles. The average Bonchev–Trinajstić information content (AvgIpc) is 2.62. The summed E-state index contributed by atoms with van der Waals surface area (Å²) in [6.07, 6.45) is 0. The largest absolute Gasteiger partial charge is 0.399 e. The van der Waals surface area contributed by atoms with Gasteiger partial charge in [-0.05, 0) is 24.3 Å². The van der Waals surface area contributed by atoms with Crippen molar-refractivity contribution in [3.63, 3.8) is 0 Å². The van der Waals surface area contributed by atoms with E-state index in [0.29, 0.717) is 4.34 Å². The van der Waals surface area contributed by atoms with Crippen molar-refractivity contribution in [3.8, 4) is 0 Å². The molecule has 0 saturated carbocycles. The molecule has 1 aromatic carbocycles. The van der Waals surface area contributed by atoms with Crippen LogP contribution in [0.4, 0.5) is 15.8 Å². The Bertz CT molecular complexity index is 615. The SMILES string of the molecule is Nc1ccc(NC(=O)c2cc(Cl)sc2Cl)c(F)c1. The van der Waals surface area contributed by atoms with Crippen molar-refractivity contribution in [2.45, 2.75) is 0 Å². The van der Waals surface area contributed by atoms with E-state index in [4.69, 9.17) is 28.9 Å². The van der Waals surface area contributed by atoms with E-state index in [2.05, 4.69) is 5.32 Å². The smallest absolute Gasteiger partial charge is 0.258 e. The minimum atomic E-state index is -0.610. The number of nitrogens with two attached hydrogens (primary N) is 1. The predicted octanol–water partition coefficient (Wildman–Crippen LogP) is 4.03. The number of hydrogen-bond acceptors (Lipinski definition) is 3. The lowest BCUT2D eigenvalue weighted by Gasteiger charge is -2.06. The number of amides is 1. The summed E-state index contributed by atoms with van der Waals surface area (Å²) in [5.41, 5.74) is 5.93. The molecule has 0 unspecified atom stereocenters. The number of carbonyl (C=O) groups excluding carboxylic acids is 1. The summed E-state index contributed by atoms with van der Waals surface area (Å²) in [6.45, 7) is 0. The Morgan fingerprint density at radius 1 is 1.33 bits per heavy atom. The van der Waals surface area contributed by atoms with Crippen molar-refractivity contribution in [1.82, 2.24) is 0 Å². The molecule has 0 saturated heterocycles. The quantitative estimate of drug-likeness (QED) is 0.823. The van der Waals surface area contributed by atoms with Crippen LogP contribution in [-0.4, -0.2) is 5.91 Å². The third-order valence-corrected chi connectivity index (χ3v) is 3.63. The van der Waals surface area contributed by atoms with Gasteiger partial charge in [-0.1, -0.05) is 23.2 Å². The van der Waals surface area contributed by atoms with Crippen LogP contribution in [0, 0.1) is 5.82 Å². The van der Waals surface area contributed by atoms with Crippen LogP contribution in [0.15, 0.2) is 24.3 Å². The Labute approximate surface area is 116 Å². The van der Waals surface area contributed by atoms with Crippen LogP contribution in [0.5, 0.6) is 0 Å². The van der Waals surface area contributed by atoms with Crippen LogP contribution < -0.4 is 11.1 Å². The monoisotopic (exact) mass is 304 g/mol. The molecule has 0 aliphatic heterocycles. The minimum Gasteiger partial charge on any atom is -0.399 e. The highest BCUT2D eigenvalue weighted by molar-refractivity contribution is 7.20. The van der Waals surface area contributed by atoms with Crippen LogP contribution in [0.25, 0.3) is 0 Å². The van der Waals surface area contributed by atoms with Crippen molar-refractivity contribution < 1.29 is 9.18 Å². The number of nitrogen functional groups attached to an aromatic ring is 1. The second kappa shape index (κ2) is 5.14. The van der Waals surface area contributed by atoms with E-state index in [-0.39, 0.29) is 21.3 Å². The third kappa shape index (κ3) is 2.75. The number of carbonyl (C=O) groups is 1. The predicted molar refractivity (Wildman–Crippen MR) is 73.1 cm³/mol. The first-order chi connectivity index (χ1) is 8.47. The molecule has 1 amide bonds. The molecule has 1 heterocycles. The van der Waals surface area contributed by atoms with E-state index in [1.54, 1.807) is 0 Å². The number of nitrogens with one attached hydrogen (secondary N) is 1. The first-order valence-corrected chi connectivity index (χ1v) is 6.36. The Morgan fingerprint density at radius 2 is 2.06 bits per heavy atom. The topological polar surface area (TPSA) is 55.1 Å². The maximum absolute atomic E-state index is 13.5. The van der Waals surface area contributed by atoms with Crippen molar-refractivity contribution in [2.75, 3.05) is 11.1 Å². The molecule has 94 valence electrons. The molecule has 0 bridgehead atoms. The molecule has 0 radical (unpaired) electrons. The van der Waals surface area contributed by atoms with E-state index in [1.165, 1.54) is 18.2 Å². The zero-order valence-corrected chi connectivity index (χ0v) is 11.2. The van der Waals surface area contributed by atoms with Gasteiger partial charge in [0.05, 0.1) is 15.6 Å². The fourth-order valence-corrected chi connectivity index (χ4v) is 2.78.